The molecule has 4 nitrogen and oxygen atoms in total. The van der Waals surface area contributed by atoms with Crippen molar-refractivity contribution in [1.82, 2.24) is 0 Å². The quantitative estimate of drug-likeness (QED) is 0.882. The minimum absolute atomic E-state index is 0.0215. The van der Waals surface area contributed by atoms with E-state index in [1.165, 1.54) is 6.07 Å². The Balaban J connectivity index is 2.15. The molecule has 1 unspecified atom stereocenters. The number of benzene rings is 1. The van der Waals surface area contributed by atoms with E-state index >= 15 is 0 Å². The molecule has 1 heterocycles. The fourth-order valence-corrected chi connectivity index (χ4v) is 1.90. The number of hydrogen-bond acceptors (Lipinski definition) is 3. The highest BCUT2D eigenvalue weighted by molar-refractivity contribution is 6.33. The maximum absolute atomic E-state index is 10.8. The lowest BCUT2D eigenvalue weighted by atomic mass is 10.2. The zero-order valence-corrected chi connectivity index (χ0v) is 10.4. The van der Waals surface area contributed by atoms with Crippen molar-refractivity contribution in [2.24, 2.45) is 0 Å². The SMILES string of the molecule is CC(Nc1ccc(C(=O)O)c(Cl)c1)c1ccco1. The number of furan rings is 1. The molecule has 0 fully saturated rings. The van der Waals surface area contributed by atoms with E-state index in [-0.39, 0.29) is 16.6 Å². The average Bonchev–Trinajstić information content (AvgIpc) is 2.81. The van der Waals surface area contributed by atoms with Gasteiger partial charge in [-0.1, -0.05) is 11.6 Å². The summed E-state index contributed by atoms with van der Waals surface area (Å²) in [6, 6.07) is 8.40. The number of nitrogens with one attached hydrogen (secondary N) is 1. The standard InChI is InChI=1S/C13H12ClNO3/c1-8(12-3-2-6-18-12)15-9-4-5-10(13(16)17)11(14)7-9/h2-8,15H,1H3,(H,16,17). The minimum Gasteiger partial charge on any atom is -0.478 e. The van der Waals surface area contributed by atoms with Gasteiger partial charge in [-0.2, -0.15) is 0 Å². The Hall–Kier alpha value is -1.94. The molecule has 18 heavy (non-hydrogen) atoms. The van der Waals surface area contributed by atoms with Crippen LogP contribution < -0.4 is 5.32 Å². The summed E-state index contributed by atoms with van der Waals surface area (Å²) < 4.78 is 5.27. The number of rotatable bonds is 4. The zero-order valence-electron chi connectivity index (χ0n) is 9.68. The van der Waals surface area contributed by atoms with E-state index in [1.54, 1.807) is 18.4 Å². The minimum atomic E-state index is -1.04. The number of aromatic carboxylic acids is 1. The van der Waals surface area contributed by atoms with Crippen LogP contribution in [-0.2, 0) is 0 Å². The first-order valence-corrected chi connectivity index (χ1v) is 5.78. The normalized spacial score (nSPS) is 12.1. The molecule has 0 saturated carbocycles. The van der Waals surface area contributed by atoms with Gasteiger partial charge in [0, 0.05) is 5.69 Å². The van der Waals surface area contributed by atoms with Crippen molar-refractivity contribution in [3.63, 3.8) is 0 Å². The van der Waals surface area contributed by atoms with E-state index in [0.717, 1.165) is 11.4 Å². The van der Waals surface area contributed by atoms with Gasteiger partial charge in [-0.3, -0.25) is 0 Å². The van der Waals surface area contributed by atoms with Gasteiger partial charge in [0.2, 0.25) is 0 Å². The van der Waals surface area contributed by atoms with Gasteiger partial charge in [-0.25, -0.2) is 4.79 Å². The summed E-state index contributed by atoms with van der Waals surface area (Å²) in [5.74, 6) is -0.237. The van der Waals surface area contributed by atoms with Crippen LogP contribution in [0, 0.1) is 0 Å². The highest BCUT2D eigenvalue weighted by Crippen LogP contribution is 2.24. The molecule has 1 aromatic heterocycles. The second kappa shape index (κ2) is 5.14. The van der Waals surface area contributed by atoms with E-state index in [4.69, 9.17) is 21.1 Å². The van der Waals surface area contributed by atoms with Crippen LogP contribution in [0.2, 0.25) is 5.02 Å². The second-order valence-electron chi connectivity index (χ2n) is 3.88. The Morgan fingerprint density at radius 1 is 1.44 bits per heavy atom. The highest BCUT2D eigenvalue weighted by Gasteiger charge is 2.11. The van der Waals surface area contributed by atoms with Gasteiger partial charge in [0.15, 0.2) is 0 Å². The van der Waals surface area contributed by atoms with E-state index in [2.05, 4.69) is 5.32 Å². The van der Waals surface area contributed by atoms with Gasteiger partial charge in [-0.15, -0.1) is 0 Å². The van der Waals surface area contributed by atoms with Crippen LogP contribution in [0.5, 0.6) is 0 Å². The van der Waals surface area contributed by atoms with Crippen molar-refractivity contribution in [3.8, 4) is 0 Å². The van der Waals surface area contributed by atoms with E-state index < -0.39 is 5.97 Å². The number of carbonyl (C=O) groups is 1. The summed E-state index contributed by atoms with van der Waals surface area (Å²) in [7, 11) is 0. The molecule has 0 bridgehead atoms. The molecule has 1 atom stereocenters. The molecule has 0 spiro atoms. The highest BCUT2D eigenvalue weighted by atomic mass is 35.5. The Kier molecular flexibility index (Phi) is 3.58. The summed E-state index contributed by atoms with van der Waals surface area (Å²) >= 11 is 5.89. The van der Waals surface area contributed by atoms with Crippen LogP contribution in [0.15, 0.2) is 41.0 Å². The van der Waals surface area contributed by atoms with E-state index in [1.807, 2.05) is 19.1 Å². The Morgan fingerprint density at radius 2 is 2.22 bits per heavy atom. The predicted molar refractivity (Wildman–Crippen MR) is 69.2 cm³/mol. The lowest BCUT2D eigenvalue weighted by molar-refractivity contribution is 0.0697. The van der Waals surface area contributed by atoms with Gasteiger partial charge >= 0.3 is 5.97 Å². The van der Waals surface area contributed by atoms with Crippen molar-refractivity contribution >= 4 is 23.3 Å². The molecule has 2 aromatic rings. The summed E-state index contributed by atoms with van der Waals surface area (Å²) in [5.41, 5.74) is 0.835. The number of hydrogen-bond donors (Lipinski definition) is 2. The van der Waals surface area contributed by atoms with Crippen LogP contribution in [0.1, 0.15) is 29.1 Å². The molecule has 0 radical (unpaired) electrons. The van der Waals surface area contributed by atoms with E-state index in [0.29, 0.717) is 0 Å². The maximum atomic E-state index is 10.8. The van der Waals surface area contributed by atoms with Crippen LogP contribution in [0.25, 0.3) is 0 Å². The first-order chi connectivity index (χ1) is 8.58. The van der Waals surface area contributed by atoms with Gasteiger partial charge in [0.05, 0.1) is 22.9 Å². The topological polar surface area (TPSA) is 62.5 Å². The lowest BCUT2D eigenvalue weighted by Gasteiger charge is -2.13. The van der Waals surface area contributed by atoms with Crippen LogP contribution in [-0.4, -0.2) is 11.1 Å². The van der Waals surface area contributed by atoms with Crippen molar-refractivity contribution < 1.29 is 14.3 Å². The van der Waals surface area contributed by atoms with Crippen LogP contribution >= 0.6 is 11.6 Å². The number of halogens is 1. The maximum Gasteiger partial charge on any atom is 0.337 e. The predicted octanol–water partition coefficient (Wildman–Crippen LogP) is 3.80. The molecule has 0 aliphatic rings. The smallest absolute Gasteiger partial charge is 0.337 e. The third-order valence-electron chi connectivity index (χ3n) is 2.55. The first-order valence-electron chi connectivity index (χ1n) is 5.40. The van der Waals surface area contributed by atoms with Gasteiger partial charge in [0.1, 0.15) is 5.76 Å². The van der Waals surface area contributed by atoms with E-state index in [9.17, 15) is 4.79 Å². The van der Waals surface area contributed by atoms with Crippen molar-refractivity contribution in [2.75, 3.05) is 5.32 Å². The Bertz CT molecular complexity index is 551. The largest absolute Gasteiger partial charge is 0.478 e. The van der Waals surface area contributed by atoms with Gasteiger partial charge < -0.3 is 14.8 Å². The molecule has 1 aromatic carbocycles. The molecule has 2 N–H and O–H groups in total. The van der Waals surface area contributed by atoms with Crippen molar-refractivity contribution in [1.29, 1.82) is 0 Å². The van der Waals surface area contributed by atoms with Crippen LogP contribution in [0.3, 0.4) is 0 Å². The molecule has 0 amide bonds. The molecule has 2 rings (SSSR count). The van der Waals surface area contributed by atoms with Gasteiger partial charge in [0.25, 0.3) is 0 Å². The molecular formula is C13H12ClNO3. The molecule has 0 aliphatic carbocycles. The monoisotopic (exact) mass is 265 g/mol. The second-order valence-corrected chi connectivity index (χ2v) is 4.29. The number of carboxylic acids is 1. The molecule has 0 aliphatic heterocycles. The zero-order chi connectivity index (χ0) is 13.1. The summed E-state index contributed by atoms with van der Waals surface area (Å²) in [4.78, 5) is 10.8. The fraction of sp³-hybridized carbons (Fsp3) is 0.154. The third-order valence-corrected chi connectivity index (χ3v) is 2.87. The lowest BCUT2D eigenvalue weighted by Crippen LogP contribution is -2.06. The number of anilines is 1. The van der Waals surface area contributed by atoms with Crippen LogP contribution in [0.4, 0.5) is 5.69 Å². The Morgan fingerprint density at radius 3 is 2.78 bits per heavy atom. The number of carboxylic acid groups (broad SMARTS) is 1. The van der Waals surface area contributed by atoms with Crippen molar-refractivity contribution in [3.05, 3.63) is 52.9 Å². The molecule has 5 heteroatoms. The van der Waals surface area contributed by atoms with Gasteiger partial charge in [-0.05, 0) is 37.3 Å². The molecule has 94 valence electrons. The molecule has 0 saturated heterocycles. The Labute approximate surface area is 109 Å². The first kappa shape index (κ1) is 12.5. The summed E-state index contributed by atoms with van der Waals surface area (Å²) in [5, 5.41) is 12.3. The van der Waals surface area contributed by atoms with Crippen molar-refractivity contribution in [2.45, 2.75) is 13.0 Å². The fourth-order valence-electron chi connectivity index (χ4n) is 1.64. The average molecular weight is 266 g/mol. The molecular weight excluding hydrogens is 254 g/mol. The summed E-state index contributed by atoms with van der Waals surface area (Å²) in [6.07, 6.45) is 1.61. The third kappa shape index (κ3) is 2.65. The summed E-state index contributed by atoms with van der Waals surface area (Å²) in [6.45, 7) is 1.94.